The van der Waals surface area contributed by atoms with Gasteiger partial charge in [0.25, 0.3) is 5.69 Å². The zero-order chi connectivity index (χ0) is 13.1. The molecule has 1 unspecified atom stereocenters. The molecule has 0 bridgehead atoms. The molecule has 1 fully saturated rings. The molecular formula is C12H16BrN3O2. The van der Waals surface area contributed by atoms with Crippen molar-refractivity contribution in [2.24, 2.45) is 0 Å². The lowest BCUT2D eigenvalue weighted by Crippen LogP contribution is -2.32. The van der Waals surface area contributed by atoms with E-state index in [0.717, 1.165) is 36.1 Å². The van der Waals surface area contributed by atoms with Gasteiger partial charge in [-0.1, -0.05) is 15.9 Å². The van der Waals surface area contributed by atoms with Crippen molar-refractivity contribution in [1.29, 1.82) is 0 Å². The van der Waals surface area contributed by atoms with E-state index >= 15 is 0 Å². The molecule has 1 aromatic rings. The number of hydrogen-bond acceptors (Lipinski definition) is 4. The first-order valence-corrected chi connectivity index (χ1v) is 6.70. The highest BCUT2D eigenvalue weighted by Gasteiger charge is 2.19. The van der Waals surface area contributed by atoms with Crippen molar-refractivity contribution in [3.63, 3.8) is 0 Å². The van der Waals surface area contributed by atoms with Gasteiger partial charge in [-0.3, -0.25) is 15.0 Å². The van der Waals surface area contributed by atoms with Crippen LogP contribution in [0.4, 0.5) is 5.69 Å². The quantitative estimate of drug-likeness (QED) is 0.683. The van der Waals surface area contributed by atoms with Gasteiger partial charge < -0.3 is 5.32 Å². The van der Waals surface area contributed by atoms with Gasteiger partial charge in [-0.2, -0.15) is 0 Å². The number of hydrogen-bond donors (Lipinski definition) is 1. The van der Waals surface area contributed by atoms with E-state index in [2.05, 4.69) is 33.2 Å². The maximum absolute atomic E-state index is 10.8. The molecule has 6 heteroatoms. The van der Waals surface area contributed by atoms with Crippen molar-refractivity contribution < 1.29 is 4.92 Å². The molecule has 1 heterocycles. The van der Waals surface area contributed by atoms with Crippen molar-refractivity contribution in [1.82, 2.24) is 10.2 Å². The molecule has 98 valence electrons. The molecule has 1 aromatic carbocycles. The third-order valence-electron chi connectivity index (χ3n) is 3.24. The van der Waals surface area contributed by atoms with Crippen LogP contribution in [-0.4, -0.2) is 36.0 Å². The van der Waals surface area contributed by atoms with Gasteiger partial charge in [0, 0.05) is 35.7 Å². The number of nitrogens with one attached hydrogen (secondary N) is 1. The second-order valence-electron chi connectivity index (χ2n) is 4.64. The average molecular weight is 314 g/mol. The van der Waals surface area contributed by atoms with Crippen molar-refractivity contribution in [3.8, 4) is 0 Å². The van der Waals surface area contributed by atoms with Crippen molar-refractivity contribution in [2.75, 3.05) is 20.1 Å². The molecule has 0 amide bonds. The van der Waals surface area contributed by atoms with Gasteiger partial charge >= 0.3 is 0 Å². The van der Waals surface area contributed by atoms with E-state index < -0.39 is 0 Å². The first-order valence-electron chi connectivity index (χ1n) is 5.91. The minimum atomic E-state index is -0.356. The number of nitro benzene ring substituents is 1. The van der Waals surface area contributed by atoms with Crippen LogP contribution in [0.5, 0.6) is 0 Å². The van der Waals surface area contributed by atoms with Gasteiger partial charge in [0.1, 0.15) is 0 Å². The van der Waals surface area contributed by atoms with Gasteiger partial charge in [0.05, 0.1) is 4.92 Å². The summed E-state index contributed by atoms with van der Waals surface area (Å²) in [5.41, 5.74) is 1.10. The molecule has 1 aliphatic heterocycles. The monoisotopic (exact) mass is 313 g/mol. The fourth-order valence-corrected chi connectivity index (χ4v) is 2.79. The molecular weight excluding hydrogens is 298 g/mol. The van der Waals surface area contributed by atoms with E-state index in [0.29, 0.717) is 6.04 Å². The van der Waals surface area contributed by atoms with Crippen molar-refractivity contribution in [3.05, 3.63) is 38.3 Å². The van der Waals surface area contributed by atoms with E-state index in [9.17, 15) is 10.1 Å². The third-order valence-corrected chi connectivity index (χ3v) is 3.70. The van der Waals surface area contributed by atoms with Crippen LogP contribution >= 0.6 is 15.9 Å². The normalized spacial score (nSPS) is 19.4. The van der Waals surface area contributed by atoms with Crippen molar-refractivity contribution in [2.45, 2.75) is 19.0 Å². The SMILES string of the molecule is CN(Cc1cc(Br)cc([N+](=O)[O-])c1)C1CCNC1. The molecule has 2 rings (SSSR count). The number of benzene rings is 1. The topological polar surface area (TPSA) is 58.4 Å². The van der Waals surface area contributed by atoms with E-state index in [1.807, 2.05) is 6.07 Å². The zero-order valence-corrected chi connectivity index (χ0v) is 11.8. The summed E-state index contributed by atoms with van der Waals surface area (Å²) in [7, 11) is 2.06. The maximum Gasteiger partial charge on any atom is 0.270 e. The predicted molar refractivity (Wildman–Crippen MR) is 73.5 cm³/mol. The Morgan fingerprint density at radius 1 is 1.56 bits per heavy atom. The Hall–Kier alpha value is -0.980. The second-order valence-corrected chi connectivity index (χ2v) is 5.55. The Balaban J connectivity index is 2.10. The number of halogens is 1. The molecule has 0 spiro atoms. The molecule has 0 radical (unpaired) electrons. The lowest BCUT2D eigenvalue weighted by Gasteiger charge is -2.23. The van der Waals surface area contributed by atoms with Crippen LogP contribution in [0.25, 0.3) is 0 Å². The van der Waals surface area contributed by atoms with Crippen LogP contribution in [0.3, 0.4) is 0 Å². The first kappa shape index (κ1) is 13.5. The van der Waals surface area contributed by atoms with Crippen LogP contribution in [0, 0.1) is 10.1 Å². The Morgan fingerprint density at radius 3 is 2.94 bits per heavy atom. The molecule has 1 saturated heterocycles. The van der Waals surface area contributed by atoms with Gasteiger partial charge in [-0.25, -0.2) is 0 Å². The number of rotatable bonds is 4. The second kappa shape index (κ2) is 5.77. The molecule has 1 aliphatic rings. The molecule has 1 N–H and O–H groups in total. The summed E-state index contributed by atoms with van der Waals surface area (Å²) in [6.07, 6.45) is 1.13. The minimum Gasteiger partial charge on any atom is -0.315 e. The number of non-ortho nitro benzene ring substituents is 1. The predicted octanol–water partition coefficient (Wildman–Crippen LogP) is 2.15. The van der Waals surface area contributed by atoms with Crippen LogP contribution in [0.1, 0.15) is 12.0 Å². The van der Waals surface area contributed by atoms with Gasteiger partial charge in [0.15, 0.2) is 0 Å². The van der Waals surface area contributed by atoms with Gasteiger partial charge in [-0.05, 0) is 31.6 Å². The maximum atomic E-state index is 10.8. The van der Waals surface area contributed by atoms with Crippen LogP contribution in [-0.2, 0) is 6.54 Å². The number of nitrogens with zero attached hydrogens (tertiary/aromatic N) is 2. The first-order chi connectivity index (χ1) is 8.56. The van der Waals surface area contributed by atoms with Crippen LogP contribution in [0.15, 0.2) is 22.7 Å². The van der Waals surface area contributed by atoms with Crippen LogP contribution < -0.4 is 5.32 Å². The Bertz CT molecular complexity index is 447. The van der Waals surface area contributed by atoms with Crippen molar-refractivity contribution >= 4 is 21.6 Å². The largest absolute Gasteiger partial charge is 0.315 e. The summed E-state index contributed by atoms with van der Waals surface area (Å²) in [5, 5.41) is 14.1. The highest BCUT2D eigenvalue weighted by molar-refractivity contribution is 9.10. The Kier molecular flexibility index (Phi) is 4.31. The summed E-state index contributed by atoms with van der Waals surface area (Å²) in [6.45, 7) is 2.77. The minimum absolute atomic E-state index is 0.136. The summed E-state index contributed by atoms with van der Waals surface area (Å²) in [5.74, 6) is 0. The van der Waals surface area contributed by atoms with Gasteiger partial charge in [-0.15, -0.1) is 0 Å². The highest BCUT2D eigenvalue weighted by Crippen LogP contribution is 2.23. The lowest BCUT2D eigenvalue weighted by molar-refractivity contribution is -0.385. The molecule has 0 aliphatic carbocycles. The van der Waals surface area contributed by atoms with E-state index in [1.54, 1.807) is 6.07 Å². The molecule has 18 heavy (non-hydrogen) atoms. The Labute approximate surface area is 114 Å². The van der Waals surface area contributed by atoms with E-state index in [4.69, 9.17) is 0 Å². The smallest absolute Gasteiger partial charge is 0.270 e. The highest BCUT2D eigenvalue weighted by atomic mass is 79.9. The lowest BCUT2D eigenvalue weighted by atomic mass is 10.1. The zero-order valence-electron chi connectivity index (χ0n) is 10.2. The fraction of sp³-hybridized carbons (Fsp3) is 0.500. The summed E-state index contributed by atoms with van der Waals surface area (Å²) >= 11 is 3.32. The standard InChI is InChI=1S/C12H16BrN3O2/c1-15(11-2-3-14-7-11)8-9-4-10(13)6-12(5-9)16(17)18/h4-6,11,14H,2-3,7-8H2,1H3. The molecule has 0 aromatic heterocycles. The molecule has 5 nitrogen and oxygen atoms in total. The number of likely N-dealkylation sites (N-methyl/N-ethyl adjacent to an activating group) is 1. The fourth-order valence-electron chi connectivity index (χ4n) is 2.26. The summed E-state index contributed by atoms with van der Waals surface area (Å²) < 4.78 is 0.754. The summed E-state index contributed by atoms with van der Waals surface area (Å²) in [6, 6.07) is 5.62. The van der Waals surface area contributed by atoms with E-state index in [1.165, 1.54) is 6.07 Å². The molecule has 1 atom stereocenters. The molecule has 0 saturated carbocycles. The summed E-state index contributed by atoms with van der Waals surface area (Å²) in [4.78, 5) is 12.7. The third kappa shape index (κ3) is 3.28. The van der Waals surface area contributed by atoms with E-state index in [-0.39, 0.29) is 10.6 Å². The average Bonchev–Trinajstić information content (AvgIpc) is 2.81. The Morgan fingerprint density at radius 2 is 2.33 bits per heavy atom. The number of nitro groups is 1. The van der Waals surface area contributed by atoms with Crippen LogP contribution in [0.2, 0.25) is 0 Å². The van der Waals surface area contributed by atoms with Gasteiger partial charge in [0.2, 0.25) is 0 Å².